The summed E-state index contributed by atoms with van der Waals surface area (Å²) in [6.07, 6.45) is 5.33. The number of aliphatic imine (C=N–C) groups is 1. The van der Waals surface area contributed by atoms with Crippen LogP contribution in [0.4, 0.5) is 5.69 Å². The minimum Gasteiger partial charge on any atom is -0.370 e. The van der Waals surface area contributed by atoms with Gasteiger partial charge in [-0.05, 0) is 48.9 Å². The molecule has 3 rings (SSSR count). The van der Waals surface area contributed by atoms with Crippen molar-refractivity contribution in [1.82, 2.24) is 0 Å². The van der Waals surface area contributed by atoms with Crippen LogP contribution in [-0.2, 0) is 0 Å². The molecule has 1 saturated carbocycles. The fourth-order valence-electron chi connectivity index (χ4n) is 3.63. The number of rotatable bonds is 2. The number of hydrogen-bond donors (Lipinski definition) is 1. The first-order valence-electron chi connectivity index (χ1n) is 7.50. The molecule has 0 amide bonds. The Bertz CT molecular complexity index is 497. The molecular formula is C16H22BrN3. The molecule has 2 aliphatic rings. The molecule has 0 saturated heterocycles. The van der Waals surface area contributed by atoms with E-state index in [-0.39, 0.29) is 0 Å². The fraction of sp³-hybridized carbons (Fsp3) is 0.562. The molecule has 3 atom stereocenters. The van der Waals surface area contributed by atoms with Crippen molar-refractivity contribution in [2.75, 3.05) is 11.4 Å². The lowest BCUT2D eigenvalue weighted by molar-refractivity contribution is 0.253. The van der Waals surface area contributed by atoms with Crippen molar-refractivity contribution in [3.8, 4) is 0 Å². The van der Waals surface area contributed by atoms with Gasteiger partial charge in [-0.1, -0.05) is 35.7 Å². The second-order valence-corrected chi connectivity index (χ2v) is 7.06. The monoisotopic (exact) mass is 335 g/mol. The minimum atomic E-state index is 0.443. The lowest BCUT2D eigenvalue weighted by atomic mass is 9.78. The molecule has 108 valence electrons. The smallest absolute Gasteiger partial charge is 0.196 e. The van der Waals surface area contributed by atoms with Crippen LogP contribution < -0.4 is 10.6 Å². The maximum absolute atomic E-state index is 6.14. The maximum atomic E-state index is 6.14. The van der Waals surface area contributed by atoms with E-state index in [2.05, 4.69) is 57.0 Å². The summed E-state index contributed by atoms with van der Waals surface area (Å²) in [6, 6.07) is 8.83. The molecule has 0 aromatic heterocycles. The van der Waals surface area contributed by atoms with E-state index < -0.39 is 0 Å². The van der Waals surface area contributed by atoms with Crippen LogP contribution in [0, 0.1) is 11.8 Å². The summed E-state index contributed by atoms with van der Waals surface area (Å²) in [7, 11) is 0. The first-order valence-corrected chi connectivity index (χ1v) is 8.29. The zero-order valence-corrected chi connectivity index (χ0v) is 13.5. The Morgan fingerprint density at radius 3 is 2.70 bits per heavy atom. The van der Waals surface area contributed by atoms with E-state index in [9.17, 15) is 0 Å². The second kappa shape index (κ2) is 5.76. The molecule has 0 spiro atoms. The second-order valence-electron chi connectivity index (χ2n) is 6.14. The summed E-state index contributed by atoms with van der Waals surface area (Å²) in [5.74, 6) is 2.23. The molecule has 1 fully saturated rings. The zero-order valence-electron chi connectivity index (χ0n) is 11.9. The van der Waals surface area contributed by atoms with E-state index in [1.165, 1.54) is 25.7 Å². The van der Waals surface area contributed by atoms with Gasteiger partial charge in [0.25, 0.3) is 0 Å². The molecule has 1 aromatic carbocycles. The molecule has 2 N–H and O–H groups in total. The first-order chi connectivity index (χ1) is 9.65. The molecule has 3 unspecified atom stereocenters. The van der Waals surface area contributed by atoms with E-state index in [0.717, 1.165) is 22.6 Å². The van der Waals surface area contributed by atoms with Crippen LogP contribution >= 0.6 is 15.9 Å². The summed E-state index contributed by atoms with van der Waals surface area (Å²) in [6.45, 7) is 3.22. The van der Waals surface area contributed by atoms with Crippen molar-refractivity contribution in [1.29, 1.82) is 0 Å². The Morgan fingerprint density at radius 1 is 1.25 bits per heavy atom. The standard InChI is InChI=1S/C16H22BrN3/c1-11-3-2-4-12(9-11)15-10-19-16(18)20(15)14-7-5-13(17)6-8-14/h5-8,11-12,15H,2-4,9-10H2,1H3,(H2,18,19). The van der Waals surface area contributed by atoms with Gasteiger partial charge in [0.15, 0.2) is 5.96 Å². The predicted molar refractivity (Wildman–Crippen MR) is 88.0 cm³/mol. The number of guanidine groups is 1. The Kier molecular flexibility index (Phi) is 4.01. The van der Waals surface area contributed by atoms with Gasteiger partial charge in [0.1, 0.15) is 0 Å². The van der Waals surface area contributed by atoms with Gasteiger partial charge in [-0.25, -0.2) is 0 Å². The van der Waals surface area contributed by atoms with Gasteiger partial charge < -0.3 is 10.6 Å². The molecule has 0 radical (unpaired) electrons. The van der Waals surface area contributed by atoms with Crippen LogP contribution in [0.5, 0.6) is 0 Å². The largest absolute Gasteiger partial charge is 0.370 e. The highest BCUT2D eigenvalue weighted by Crippen LogP contribution is 2.36. The Labute approximate surface area is 129 Å². The number of anilines is 1. The van der Waals surface area contributed by atoms with Crippen LogP contribution in [0.25, 0.3) is 0 Å². The van der Waals surface area contributed by atoms with Gasteiger partial charge >= 0.3 is 0 Å². The van der Waals surface area contributed by atoms with Crippen molar-refractivity contribution < 1.29 is 0 Å². The lowest BCUT2D eigenvalue weighted by Gasteiger charge is -2.36. The summed E-state index contributed by atoms with van der Waals surface area (Å²) < 4.78 is 1.10. The highest BCUT2D eigenvalue weighted by Gasteiger charge is 2.35. The first kappa shape index (κ1) is 13.9. The SMILES string of the molecule is CC1CCCC(C2CN=C(N)N2c2ccc(Br)cc2)C1. The molecule has 1 aliphatic heterocycles. The van der Waals surface area contributed by atoms with E-state index in [1.807, 2.05) is 0 Å². The van der Waals surface area contributed by atoms with E-state index in [0.29, 0.717) is 17.9 Å². The molecule has 3 nitrogen and oxygen atoms in total. The van der Waals surface area contributed by atoms with Gasteiger partial charge in [0, 0.05) is 10.2 Å². The molecule has 1 aromatic rings. The molecular weight excluding hydrogens is 314 g/mol. The van der Waals surface area contributed by atoms with E-state index in [1.54, 1.807) is 0 Å². The number of halogens is 1. The Balaban J connectivity index is 1.82. The number of nitrogens with zero attached hydrogens (tertiary/aromatic N) is 2. The summed E-state index contributed by atoms with van der Waals surface area (Å²) in [5, 5.41) is 0. The molecule has 1 aliphatic carbocycles. The van der Waals surface area contributed by atoms with Gasteiger partial charge in [-0.15, -0.1) is 0 Å². The Morgan fingerprint density at radius 2 is 2.00 bits per heavy atom. The molecule has 20 heavy (non-hydrogen) atoms. The fourth-order valence-corrected chi connectivity index (χ4v) is 3.89. The van der Waals surface area contributed by atoms with Crippen molar-refractivity contribution in [3.05, 3.63) is 28.7 Å². The average Bonchev–Trinajstić information content (AvgIpc) is 2.82. The quantitative estimate of drug-likeness (QED) is 0.893. The molecule has 0 bridgehead atoms. The number of nitrogens with two attached hydrogens (primary N) is 1. The van der Waals surface area contributed by atoms with Crippen molar-refractivity contribution in [3.63, 3.8) is 0 Å². The van der Waals surface area contributed by atoms with Gasteiger partial charge in [0.2, 0.25) is 0 Å². The maximum Gasteiger partial charge on any atom is 0.196 e. The predicted octanol–water partition coefficient (Wildman–Crippen LogP) is 3.78. The van der Waals surface area contributed by atoms with Crippen LogP contribution in [0.1, 0.15) is 32.6 Å². The van der Waals surface area contributed by atoms with Crippen molar-refractivity contribution in [2.24, 2.45) is 22.6 Å². The summed E-state index contributed by atoms with van der Waals surface area (Å²) >= 11 is 3.49. The third-order valence-corrected chi connectivity index (χ3v) is 5.17. The number of hydrogen-bond acceptors (Lipinski definition) is 3. The van der Waals surface area contributed by atoms with Crippen molar-refractivity contribution >= 4 is 27.6 Å². The summed E-state index contributed by atoms with van der Waals surface area (Å²) in [5.41, 5.74) is 7.31. The molecule has 1 heterocycles. The van der Waals surface area contributed by atoms with Crippen LogP contribution in [0.15, 0.2) is 33.7 Å². The Hall–Kier alpha value is -1.03. The number of benzene rings is 1. The van der Waals surface area contributed by atoms with Crippen LogP contribution in [0.2, 0.25) is 0 Å². The van der Waals surface area contributed by atoms with E-state index in [4.69, 9.17) is 5.73 Å². The van der Waals surface area contributed by atoms with Crippen LogP contribution in [-0.4, -0.2) is 18.5 Å². The van der Waals surface area contributed by atoms with Crippen LogP contribution in [0.3, 0.4) is 0 Å². The van der Waals surface area contributed by atoms with Crippen molar-refractivity contribution in [2.45, 2.75) is 38.6 Å². The highest BCUT2D eigenvalue weighted by molar-refractivity contribution is 9.10. The van der Waals surface area contributed by atoms with Gasteiger partial charge in [-0.3, -0.25) is 4.99 Å². The zero-order chi connectivity index (χ0) is 14.1. The molecule has 4 heteroatoms. The van der Waals surface area contributed by atoms with Gasteiger partial charge in [0.05, 0.1) is 12.6 Å². The third-order valence-electron chi connectivity index (χ3n) is 4.64. The third kappa shape index (κ3) is 2.71. The topological polar surface area (TPSA) is 41.6 Å². The van der Waals surface area contributed by atoms with E-state index >= 15 is 0 Å². The van der Waals surface area contributed by atoms with Gasteiger partial charge in [-0.2, -0.15) is 0 Å². The normalized spacial score (nSPS) is 30.4. The lowest BCUT2D eigenvalue weighted by Crippen LogP contribution is -2.45. The minimum absolute atomic E-state index is 0.443. The highest BCUT2D eigenvalue weighted by atomic mass is 79.9. The summed E-state index contributed by atoms with van der Waals surface area (Å²) in [4.78, 5) is 6.75. The average molecular weight is 336 g/mol.